The molecule has 1 heterocycles. The summed E-state index contributed by atoms with van der Waals surface area (Å²) in [5, 5.41) is 9.41. The standard InChI is InChI=1S/C9H14N2O2/c1-3-4-7(12)8(13)9-10-5-6-11(9)2/h5-7,12H,3-4H2,1-2H3. The molecule has 0 amide bonds. The van der Waals surface area contributed by atoms with Crippen LogP contribution in [0, 0.1) is 0 Å². The van der Waals surface area contributed by atoms with E-state index in [9.17, 15) is 9.90 Å². The number of hydrogen-bond acceptors (Lipinski definition) is 3. The van der Waals surface area contributed by atoms with Crippen molar-refractivity contribution in [2.45, 2.75) is 25.9 Å². The molecule has 13 heavy (non-hydrogen) atoms. The lowest BCUT2D eigenvalue weighted by Gasteiger charge is -2.06. The van der Waals surface area contributed by atoms with Gasteiger partial charge >= 0.3 is 0 Å². The molecule has 0 bridgehead atoms. The monoisotopic (exact) mass is 182 g/mol. The minimum atomic E-state index is -0.911. The third-order valence-corrected chi connectivity index (χ3v) is 1.91. The van der Waals surface area contributed by atoms with Gasteiger partial charge in [-0.15, -0.1) is 0 Å². The van der Waals surface area contributed by atoms with Gasteiger partial charge in [0.05, 0.1) is 0 Å². The molecule has 0 aromatic carbocycles. The first-order valence-electron chi connectivity index (χ1n) is 4.36. The SMILES string of the molecule is CCCC(O)C(=O)c1nccn1C. The zero-order valence-corrected chi connectivity index (χ0v) is 7.90. The molecule has 1 aromatic heterocycles. The molecule has 0 fully saturated rings. The van der Waals surface area contributed by atoms with Crippen molar-refractivity contribution in [3.05, 3.63) is 18.2 Å². The molecule has 0 radical (unpaired) electrons. The molecule has 0 aliphatic rings. The van der Waals surface area contributed by atoms with E-state index in [1.807, 2.05) is 6.92 Å². The fraction of sp³-hybridized carbons (Fsp3) is 0.556. The third-order valence-electron chi connectivity index (χ3n) is 1.91. The first-order chi connectivity index (χ1) is 6.16. The summed E-state index contributed by atoms with van der Waals surface area (Å²) in [6.45, 7) is 1.93. The van der Waals surface area contributed by atoms with Crippen LogP contribution in [0.2, 0.25) is 0 Å². The Morgan fingerprint density at radius 1 is 1.77 bits per heavy atom. The fourth-order valence-electron chi connectivity index (χ4n) is 1.16. The number of hydrogen-bond donors (Lipinski definition) is 1. The predicted molar refractivity (Wildman–Crippen MR) is 48.5 cm³/mol. The van der Waals surface area contributed by atoms with Crippen molar-refractivity contribution in [3.8, 4) is 0 Å². The number of Topliss-reactive ketones (excluding diaryl/α,β-unsaturated/α-hetero) is 1. The van der Waals surface area contributed by atoms with Crippen LogP contribution in [0.3, 0.4) is 0 Å². The van der Waals surface area contributed by atoms with Gasteiger partial charge in [-0.3, -0.25) is 4.79 Å². The number of carbonyl (C=O) groups is 1. The van der Waals surface area contributed by atoms with Crippen LogP contribution in [0.4, 0.5) is 0 Å². The van der Waals surface area contributed by atoms with Gasteiger partial charge in [0, 0.05) is 19.4 Å². The highest BCUT2D eigenvalue weighted by molar-refractivity contribution is 5.96. The van der Waals surface area contributed by atoms with Crippen LogP contribution in [-0.4, -0.2) is 26.5 Å². The van der Waals surface area contributed by atoms with Crippen LogP contribution in [-0.2, 0) is 7.05 Å². The van der Waals surface area contributed by atoms with Crippen LogP contribution in [0.1, 0.15) is 30.4 Å². The van der Waals surface area contributed by atoms with E-state index >= 15 is 0 Å². The third kappa shape index (κ3) is 2.15. The van der Waals surface area contributed by atoms with Gasteiger partial charge in [-0.05, 0) is 6.42 Å². The van der Waals surface area contributed by atoms with Crippen LogP contribution >= 0.6 is 0 Å². The zero-order chi connectivity index (χ0) is 9.84. The largest absolute Gasteiger partial charge is 0.385 e. The Hall–Kier alpha value is -1.16. The summed E-state index contributed by atoms with van der Waals surface area (Å²) < 4.78 is 1.61. The van der Waals surface area contributed by atoms with Crippen molar-refractivity contribution in [2.75, 3.05) is 0 Å². The molecule has 1 N–H and O–H groups in total. The van der Waals surface area contributed by atoms with Crippen LogP contribution < -0.4 is 0 Å². The molecule has 72 valence electrons. The number of aliphatic hydroxyl groups is 1. The highest BCUT2D eigenvalue weighted by Crippen LogP contribution is 2.04. The Kier molecular flexibility index (Phi) is 3.19. The summed E-state index contributed by atoms with van der Waals surface area (Å²) in [4.78, 5) is 15.4. The van der Waals surface area contributed by atoms with Crippen molar-refractivity contribution < 1.29 is 9.90 Å². The van der Waals surface area contributed by atoms with E-state index in [-0.39, 0.29) is 5.78 Å². The normalized spacial score (nSPS) is 12.8. The first kappa shape index (κ1) is 9.92. The van der Waals surface area contributed by atoms with Gasteiger partial charge in [0.25, 0.3) is 0 Å². The average molecular weight is 182 g/mol. The summed E-state index contributed by atoms with van der Waals surface area (Å²) in [6.07, 6.45) is 3.60. The maximum absolute atomic E-state index is 11.5. The molecule has 1 atom stereocenters. The van der Waals surface area contributed by atoms with E-state index in [2.05, 4.69) is 4.98 Å². The molecule has 0 aliphatic carbocycles. The smallest absolute Gasteiger partial charge is 0.226 e. The molecular formula is C9H14N2O2. The van der Waals surface area contributed by atoms with E-state index in [0.29, 0.717) is 12.2 Å². The van der Waals surface area contributed by atoms with Crippen LogP contribution in [0.5, 0.6) is 0 Å². The second-order valence-electron chi connectivity index (χ2n) is 3.03. The van der Waals surface area contributed by atoms with Crippen molar-refractivity contribution >= 4 is 5.78 Å². The molecule has 4 heteroatoms. The molecular weight excluding hydrogens is 168 g/mol. The molecule has 0 spiro atoms. The quantitative estimate of drug-likeness (QED) is 0.699. The lowest BCUT2D eigenvalue weighted by Crippen LogP contribution is -2.23. The first-order valence-corrected chi connectivity index (χ1v) is 4.36. The molecule has 0 saturated heterocycles. The molecule has 1 aromatic rings. The lowest BCUT2D eigenvalue weighted by molar-refractivity contribution is 0.0714. The summed E-state index contributed by atoms with van der Waals surface area (Å²) in [6, 6.07) is 0. The van der Waals surface area contributed by atoms with Gasteiger partial charge in [-0.2, -0.15) is 0 Å². The Morgan fingerprint density at radius 3 is 2.92 bits per heavy atom. The lowest BCUT2D eigenvalue weighted by atomic mass is 10.1. The van der Waals surface area contributed by atoms with Gasteiger partial charge in [0.2, 0.25) is 5.78 Å². The number of aromatic nitrogens is 2. The molecule has 0 aliphatic heterocycles. The topological polar surface area (TPSA) is 55.1 Å². The molecule has 0 saturated carbocycles. The highest BCUT2D eigenvalue weighted by Gasteiger charge is 2.19. The fourth-order valence-corrected chi connectivity index (χ4v) is 1.16. The van der Waals surface area contributed by atoms with Crippen LogP contribution in [0.25, 0.3) is 0 Å². The Labute approximate surface area is 77.2 Å². The van der Waals surface area contributed by atoms with Gasteiger partial charge in [-0.25, -0.2) is 4.98 Å². The number of carbonyl (C=O) groups excluding carboxylic acids is 1. The van der Waals surface area contributed by atoms with E-state index in [4.69, 9.17) is 0 Å². The van der Waals surface area contributed by atoms with Gasteiger partial charge < -0.3 is 9.67 Å². The minimum Gasteiger partial charge on any atom is -0.385 e. The Balaban J connectivity index is 2.73. The number of ketones is 1. The summed E-state index contributed by atoms with van der Waals surface area (Å²) in [5.41, 5.74) is 0. The molecule has 1 unspecified atom stereocenters. The molecule has 1 rings (SSSR count). The van der Waals surface area contributed by atoms with Crippen molar-refractivity contribution in [3.63, 3.8) is 0 Å². The van der Waals surface area contributed by atoms with Crippen LogP contribution in [0.15, 0.2) is 12.4 Å². The van der Waals surface area contributed by atoms with E-state index in [1.165, 1.54) is 0 Å². The molecule has 4 nitrogen and oxygen atoms in total. The van der Waals surface area contributed by atoms with Crippen molar-refractivity contribution in [1.82, 2.24) is 9.55 Å². The predicted octanol–water partition coefficient (Wildman–Crippen LogP) is 0.764. The summed E-state index contributed by atoms with van der Waals surface area (Å²) in [7, 11) is 1.74. The highest BCUT2D eigenvalue weighted by atomic mass is 16.3. The van der Waals surface area contributed by atoms with E-state index in [0.717, 1.165) is 6.42 Å². The van der Waals surface area contributed by atoms with Gasteiger partial charge in [0.1, 0.15) is 6.10 Å². The minimum absolute atomic E-state index is 0.297. The maximum Gasteiger partial charge on any atom is 0.226 e. The van der Waals surface area contributed by atoms with Gasteiger partial charge in [-0.1, -0.05) is 13.3 Å². The van der Waals surface area contributed by atoms with Crippen molar-refractivity contribution in [1.29, 1.82) is 0 Å². The summed E-state index contributed by atoms with van der Waals surface area (Å²) >= 11 is 0. The average Bonchev–Trinajstić information content (AvgIpc) is 2.50. The maximum atomic E-state index is 11.5. The Morgan fingerprint density at radius 2 is 2.46 bits per heavy atom. The number of imidazole rings is 1. The Bertz CT molecular complexity index is 294. The van der Waals surface area contributed by atoms with Crippen molar-refractivity contribution in [2.24, 2.45) is 7.05 Å². The zero-order valence-electron chi connectivity index (χ0n) is 7.90. The second kappa shape index (κ2) is 4.18. The number of aliphatic hydroxyl groups excluding tert-OH is 1. The summed E-state index contributed by atoms with van der Waals surface area (Å²) in [5.74, 6) is 0.0234. The number of nitrogens with zero attached hydrogens (tertiary/aromatic N) is 2. The number of aryl methyl sites for hydroxylation is 1. The number of rotatable bonds is 4. The van der Waals surface area contributed by atoms with E-state index in [1.54, 1.807) is 24.0 Å². The second-order valence-corrected chi connectivity index (χ2v) is 3.03. The van der Waals surface area contributed by atoms with E-state index < -0.39 is 6.10 Å². The van der Waals surface area contributed by atoms with Gasteiger partial charge in [0.15, 0.2) is 5.82 Å².